The van der Waals surface area contributed by atoms with Crippen LogP contribution in [0.3, 0.4) is 0 Å². The van der Waals surface area contributed by atoms with Crippen LogP contribution in [0.4, 0.5) is 0 Å². The van der Waals surface area contributed by atoms with Crippen LogP contribution >= 0.6 is 0 Å². The van der Waals surface area contributed by atoms with Crippen molar-refractivity contribution >= 4 is 9.72 Å². The van der Waals surface area contributed by atoms with Crippen LogP contribution < -0.4 is 0 Å². The van der Waals surface area contributed by atoms with Crippen LogP contribution in [0.2, 0.25) is 0 Å². The molecular weight excluding hydrogens is 390 g/mol. The number of allylic oxidation sites excluding steroid dienone is 4. The average Bonchev–Trinajstić information content (AvgIpc) is 2.85. The number of carbonyl (C=O) groups is 1. The van der Waals surface area contributed by atoms with Crippen LogP contribution in [-0.4, -0.2) is 9.72 Å². The number of carbonyl (C=O) groups excluding carboxylic acids is 1. The van der Waals surface area contributed by atoms with Crippen LogP contribution in [0, 0.1) is 34.7 Å². The fourth-order valence-corrected chi connectivity index (χ4v) is 6.40. The van der Waals surface area contributed by atoms with Crippen molar-refractivity contribution in [2.24, 2.45) is 28.6 Å². The number of hydrogen-bond acceptors (Lipinski definition) is 1. The fourth-order valence-electron chi connectivity index (χ4n) is 6.40. The molecule has 3 atom stereocenters. The molecule has 29 heavy (non-hydrogen) atoms. The van der Waals surface area contributed by atoms with Crippen LogP contribution in [-0.2, 0) is 24.8 Å². The minimum atomic E-state index is -0.266. The van der Waals surface area contributed by atoms with Gasteiger partial charge < -0.3 is 10.5 Å². The summed E-state index contributed by atoms with van der Waals surface area (Å²) in [6.07, 6.45) is 12.9. The third-order valence-corrected chi connectivity index (χ3v) is 9.03. The summed E-state index contributed by atoms with van der Waals surface area (Å²) in [7, 11) is 0. The van der Waals surface area contributed by atoms with Crippen molar-refractivity contribution in [1.29, 1.82) is 0 Å². The second-order valence-electron chi connectivity index (χ2n) is 10.5. The summed E-state index contributed by atoms with van der Waals surface area (Å²) in [5.41, 5.74) is 11.9. The van der Waals surface area contributed by atoms with Gasteiger partial charge in [0.15, 0.2) is 0 Å². The topological polar surface area (TPSA) is 40.9 Å². The summed E-state index contributed by atoms with van der Waals surface area (Å²) in [4.78, 5) is 11.5. The van der Waals surface area contributed by atoms with Gasteiger partial charge in [-0.15, -0.1) is 6.92 Å². The first-order valence-corrected chi connectivity index (χ1v) is 12.3. The van der Waals surface area contributed by atoms with E-state index < -0.39 is 0 Å². The summed E-state index contributed by atoms with van der Waals surface area (Å²) in [6.45, 7) is 15.4. The molecule has 160 valence electrons. The van der Waals surface area contributed by atoms with Crippen LogP contribution in [0.25, 0.3) is 5.73 Å². The van der Waals surface area contributed by atoms with Crippen molar-refractivity contribution in [3.63, 3.8) is 0 Å². The predicted octanol–water partition coefficient (Wildman–Crippen LogP) is 7.42. The molecule has 4 saturated carbocycles. The normalized spacial score (nSPS) is 36.7. The Labute approximate surface area is 191 Å². The van der Waals surface area contributed by atoms with Gasteiger partial charge in [0.2, 0.25) is 0 Å². The molecule has 0 heterocycles. The summed E-state index contributed by atoms with van der Waals surface area (Å²) in [5, 5.41) is 0. The molecule has 4 bridgehead atoms. The zero-order valence-electron chi connectivity index (χ0n) is 19.8. The molecule has 2 nitrogen and oxygen atoms in total. The van der Waals surface area contributed by atoms with E-state index in [1.165, 1.54) is 48.8 Å². The molecule has 0 aromatic rings. The van der Waals surface area contributed by atoms with Gasteiger partial charge >= 0.3 is 50.5 Å². The fraction of sp³-hybridized carbons (Fsp3) is 0.769. The Morgan fingerprint density at radius 2 is 1.62 bits per heavy atom. The first-order valence-electron chi connectivity index (χ1n) is 11.6. The molecule has 0 spiro atoms. The Bertz CT molecular complexity index is 681. The maximum absolute atomic E-state index is 11.5. The monoisotopic (exact) mass is 431 g/mol. The van der Waals surface area contributed by atoms with Crippen molar-refractivity contribution in [3.8, 4) is 0 Å². The molecular formula is C26H41NOTi. The first kappa shape index (κ1) is 24.8. The summed E-state index contributed by atoms with van der Waals surface area (Å²) in [5.74, 6) is 1.81. The van der Waals surface area contributed by atoms with Gasteiger partial charge in [-0.1, -0.05) is 33.6 Å². The van der Waals surface area contributed by atoms with Crippen molar-refractivity contribution in [1.82, 2.24) is 0 Å². The number of nitrogens with one attached hydrogen (secondary N) is 1. The Kier molecular flexibility index (Phi) is 8.36. The van der Waals surface area contributed by atoms with E-state index in [0.29, 0.717) is 11.3 Å². The molecule has 3 heteroatoms. The molecule has 0 aliphatic heterocycles. The van der Waals surface area contributed by atoms with Gasteiger partial charge in [-0.25, -0.2) is 5.57 Å². The molecule has 5 rings (SSSR count). The standard InChI is InChI=1S/C12H19NO.C9H13.C5H10.Ti/c1-11-3-8-2-9(4-11)6-12(5-8,7-11)10(13)14;1-6-5-7(2)9(4)8(6)3;1-3-5-4-2;/h8-9H,2-7H2,1H3,(H2,13,14);6H,1-4H3;3-4H2,1-2H3;/q;-1;;+2/p-1. The first-order chi connectivity index (χ1) is 13.4. The van der Waals surface area contributed by atoms with Crippen molar-refractivity contribution in [3.05, 3.63) is 28.5 Å². The molecule has 1 amide bonds. The molecule has 0 aromatic carbocycles. The number of amides is 1. The minimum absolute atomic E-state index is 0.209. The van der Waals surface area contributed by atoms with E-state index in [1.807, 2.05) is 0 Å². The van der Waals surface area contributed by atoms with E-state index in [9.17, 15) is 4.79 Å². The summed E-state index contributed by atoms with van der Waals surface area (Å²) >= 11 is 2.19. The van der Waals surface area contributed by atoms with E-state index in [0.717, 1.165) is 31.1 Å². The Morgan fingerprint density at radius 1 is 1.10 bits per heavy atom. The van der Waals surface area contributed by atoms with Crippen LogP contribution in [0.15, 0.2) is 16.7 Å². The van der Waals surface area contributed by atoms with Crippen LogP contribution in [0.5, 0.6) is 0 Å². The number of rotatable bonds is 3. The van der Waals surface area contributed by atoms with Crippen molar-refractivity contribution in [2.45, 2.75) is 99.8 Å². The Morgan fingerprint density at radius 3 is 1.86 bits per heavy atom. The SMILES string of the molecule is CC12CC3CC(C1)CC(C([NH-])=O)(C3)C2.CC1=[C-]C(C)C(C)=C1C.CC[C](=[Ti+2])CC. The molecule has 5 aliphatic rings. The van der Waals surface area contributed by atoms with E-state index in [1.54, 1.807) is 3.81 Å². The third kappa shape index (κ3) is 5.82. The zero-order chi connectivity index (χ0) is 22.0. The van der Waals surface area contributed by atoms with Gasteiger partial charge in [-0.05, 0) is 55.8 Å². The quantitative estimate of drug-likeness (QED) is 0.339. The Balaban J connectivity index is 0.000000173. The van der Waals surface area contributed by atoms with Gasteiger partial charge in [0.1, 0.15) is 0 Å². The molecule has 1 N–H and O–H groups in total. The maximum atomic E-state index is 11.5. The average molecular weight is 431 g/mol. The number of hydrogen-bond donors (Lipinski definition) is 0. The van der Waals surface area contributed by atoms with Gasteiger partial charge in [0, 0.05) is 5.41 Å². The van der Waals surface area contributed by atoms with Gasteiger partial charge in [0.25, 0.3) is 0 Å². The molecule has 4 fully saturated rings. The Hall–Kier alpha value is -0.466. The molecule has 3 unspecified atom stereocenters. The predicted molar refractivity (Wildman–Crippen MR) is 120 cm³/mol. The molecule has 0 aromatic heterocycles. The van der Waals surface area contributed by atoms with Gasteiger partial charge in [0.05, 0.1) is 5.91 Å². The van der Waals surface area contributed by atoms with Gasteiger partial charge in [-0.3, -0.25) is 6.08 Å². The van der Waals surface area contributed by atoms with E-state index in [-0.39, 0.29) is 11.3 Å². The van der Waals surface area contributed by atoms with Crippen LogP contribution in [0.1, 0.15) is 99.8 Å². The second-order valence-corrected chi connectivity index (χ2v) is 11.6. The third-order valence-electron chi connectivity index (χ3n) is 7.93. The van der Waals surface area contributed by atoms with Crippen molar-refractivity contribution in [2.75, 3.05) is 0 Å². The summed E-state index contributed by atoms with van der Waals surface area (Å²) in [6, 6.07) is 0. The summed E-state index contributed by atoms with van der Waals surface area (Å²) < 4.78 is 1.59. The zero-order valence-corrected chi connectivity index (χ0v) is 21.4. The molecule has 5 aliphatic carbocycles. The van der Waals surface area contributed by atoms with Crippen molar-refractivity contribution < 1.29 is 24.8 Å². The van der Waals surface area contributed by atoms with E-state index in [4.69, 9.17) is 5.73 Å². The van der Waals surface area contributed by atoms with E-state index >= 15 is 0 Å². The second kappa shape index (κ2) is 9.77. The van der Waals surface area contributed by atoms with Gasteiger partial charge in [-0.2, -0.15) is 11.1 Å². The van der Waals surface area contributed by atoms with E-state index in [2.05, 4.69) is 74.5 Å². The molecule has 0 saturated heterocycles. The molecule has 0 radical (unpaired) electrons.